The van der Waals surface area contributed by atoms with Crippen LogP contribution in [0.4, 0.5) is 0 Å². The molecule has 0 aliphatic carbocycles. The van der Waals surface area contributed by atoms with Crippen LogP contribution in [-0.4, -0.2) is 100 Å². The number of aliphatic hydroxyl groups excluding tert-OH is 5. The number of aliphatic hydroxyl groups is 5. The lowest BCUT2D eigenvalue weighted by Crippen LogP contribution is -2.60. The highest BCUT2D eigenvalue weighted by molar-refractivity contribution is 5.76. The lowest BCUT2D eigenvalue weighted by molar-refractivity contribution is -0.302. The van der Waals surface area contributed by atoms with Gasteiger partial charge in [0.05, 0.1) is 32.0 Å². The van der Waals surface area contributed by atoms with Crippen molar-refractivity contribution in [1.29, 1.82) is 0 Å². The van der Waals surface area contributed by atoms with E-state index in [2.05, 4.69) is 42.6 Å². The van der Waals surface area contributed by atoms with Gasteiger partial charge in [-0.05, 0) is 77.6 Å². The Labute approximate surface area is 466 Å². The average Bonchev–Trinajstić information content (AvgIpc) is 3.42. The number of esters is 1. The van der Waals surface area contributed by atoms with Crippen LogP contribution in [-0.2, 0) is 23.8 Å². The zero-order valence-corrected chi connectivity index (χ0v) is 49.0. The van der Waals surface area contributed by atoms with Gasteiger partial charge in [-0.25, -0.2) is 0 Å². The Bertz CT molecular complexity index is 1400. The molecule has 0 saturated carbocycles. The Morgan fingerprint density at radius 1 is 0.500 bits per heavy atom. The Morgan fingerprint density at radius 2 is 0.908 bits per heavy atom. The van der Waals surface area contributed by atoms with E-state index in [1.165, 1.54) is 193 Å². The van der Waals surface area contributed by atoms with Gasteiger partial charge in [0.2, 0.25) is 5.91 Å². The summed E-state index contributed by atoms with van der Waals surface area (Å²) >= 11 is 0. The predicted octanol–water partition coefficient (Wildman–Crippen LogP) is 15.2. The summed E-state index contributed by atoms with van der Waals surface area (Å²) in [5.74, 6) is -0.197. The molecule has 0 aromatic carbocycles. The minimum atomic E-state index is -1.58. The molecule has 11 nitrogen and oxygen atoms in total. The fourth-order valence-electron chi connectivity index (χ4n) is 9.94. The van der Waals surface area contributed by atoms with Gasteiger partial charge in [-0.15, -0.1) is 0 Å². The van der Waals surface area contributed by atoms with Gasteiger partial charge in [0.15, 0.2) is 6.29 Å². The van der Waals surface area contributed by atoms with E-state index < -0.39 is 49.5 Å². The first kappa shape index (κ1) is 71.6. The van der Waals surface area contributed by atoms with E-state index in [0.717, 1.165) is 70.6 Å². The molecule has 0 aromatic rings. The Morgan fingerprint density at radius 3 is 1.38 bits per heavy atom. The first-order valence-electron chi connectivity index (χ1n) is 31.9. The number of amides is 1. The monoisotopic (exact) mass is 1070 g/mol. The van der Waals surface area contributed by atoms with Crippen molar-refractivity contribution in [2.24, 2.45) is 0 Å². The number of allylic oxidation sites excluding steroid dienone is 7. The molecule has 1 aliphatic heterocycles. The molecule has 1 fully saturated rings. The number of hydrogen-bond donors (Lipinski definition) is 6. The van der Waals surface area contributed by atoms with E-state index in [1.807, 2.05) is 19.1 Å². The summed E-state index contributed by atoms with van der Waals surface area (Å²) in [5.41, 5.74) is 0. The first-order chi connectivity index (χ1) is 37.2. The van der Waals surface area contributed by atoms with Crippen LogP contribution in [0.25, 0.3) is 0 Å². The first-order valence-corrected chi connectivity index (χ1v) is 31.9. The highest BCUT2D eigenvalue weighted by Gasteiger charge is 2.44. The van der Waals surface area contributed by atoms with Crippen molar-refractivity contribution in [1.82, 2.24) is 5.32 Å². The molecule has 0 bridgehead atoms. The standard InChI is InChI=1S/C65H119NO10/c1-3-5-7-9-11-13-14-29-33-37-41-45-49-53-61(70)74-54-50-46-42-38-34-31-28-26-24-22-20-18-16-15-17-19-21-23-25-27-30-32-36-40-44-48-52-60(69)66-57(58(68)51-47-43-39-35-12-10-8-6-4-2)56-75-65-64(73)63(72)62(71)59(55-67)76-65/h4,6,12,15,17,35,47,51,57-59,62-65,67-68,71-73H,3,5,7-11,13-14,16,18-34,36-46,48-50,52-56H2,1-2H3,(H,66,69)/b6-4+,17-15-,35-12+,51-47+. The van der Waals surface area contributed by atoms with Crippen LogP contribution < -0.4 is 5.32 Å². The number of unbranched alkanes of at least 4 members (excludes halogenated alkanes) is 36. The highest BCUT2D eigenvalue weighted by atomic mass is 16.7. The van der Waals surface area contributed by atoms with Crippen molar-refractivity contribution in [2.75, 3.05) is 19.8 Å². The van der Waals surface area contributed by atoms with Crippen LogP contribution >= 0.6 is 0 Å². The predicted molar refractivity (Wildman–Crippen MR) is 315 cm³/mol. The maximum atomic E-state index is 13.0. The van der Waals surface area contributed by atoms with Crippen molar-refractivity contribution in [3.8, 4) is 0 Å². The van der Waals surface area contributed by atoms with Gasteiger partial charge in [-0.3, -0.25) is 9.59 Å². The van der Waals surface area contributed by atoms with Crippen LogP contribution in [0, 0.1) is 0 Å². The van der Waals surface area contributed by atoms with E-state index in [-0.39, 0.29) is 18.5 Å². The fourth-order valence-corrected chi connectivity index (χ4v) is 9.94. The summed E-state index contributed by atoms with van der Waals surface area (Å²) in [6.45, 7) is 4.10. The number of ether oxygens (including phenoxy) is 3. The lowest BCUT2D eigenvalue weighted by Gasteiger charge is -2.40. The summed E-state index contributed by atoms with van der Waals surface area (Å²) in [6, 6.07) is -0.835. The normalized spacial score (nSPS) is 19.0. The van der Waals surface area contributed by atoms with E-state index in [0.29, 0.717) is 19.4 Å². The Hall–Kier alpha value is -2.38. The van der Waals surface area contributed by atoms with Gasteiger partial charge < -0.3 is 45.1 Å². The van der Waals surface area contributed by atoms with Crippen LogP contribution in [0.1, 0.15) is 290 Å². The second kappa shape index (κ2) is 54.6. The third-order valence-corrected chi connectivity index (χ3v) is 15.0. The SMILES string of the molecule is C/C=C/CC/C=C/CC/C=C/C(O)C(COC1OC(CO)C(O)C(O)C1O)NC(=O)CCCCCCCCCCCC/C=C\CCCCCCCCCCCCCCOC(=O)CCCCCCCCCCCCCCC. The molecular formula is C65H119NO10. The molecule has 1 heterocycles. The summed E-state index contributed by atoms with van der Waals surface area (Å²) in [6.07, 6.45) is 59.7. The van der Waals surface area contributed by atoms with Gasteiger partial charge in [0.25, 0.3) is 0 Å². The van der Waals surface area contributed by atoms with Gasteiger partial charge in [-0.2, -0.15) is 0 Å². The summed E-state index contributed by atoms with van der Waals surface area (Å²) in [4.78, 5) is 25.0. The van der Waals surface area contributed by atoms with Gasteiger partial charge in [-0.1, -0.05) is 248 Å². The quantitative estimate of drug-likeness (QED) is 0.0195. The van der Waals surface area contributed by atoms with Crippen LogP contribution in [0.3, 0.4) is 0 Å². The molecular weight excluding hydrogens is 955 g/mol. The molecule has 444 valence electrons. The second-order valence-corrected chi connectivity index (χ2v) is 22.1. The van der Waals surface area contributed by atoms with Gasteiger partial charge in [0, 0.05) is 12.8 Å². The molecule has 1 aliphatic rings. The van der Waals surface area contributed by atoms with Crippen molar-refractivity contribution < 1.29 is 49.3 Å². The number of hydrogen-bond acceptors (Lipinski definition) is 10. The molecule has 76 heavy (non-hydrogen) atoms. The molecule has 0 spiro atoms. The second-order valence-electron chi connectivity index (χ2n) is 22.1. The number of carbonyl (C=O) groups excluding carboxylic acids is 2. The molecule has 1 amide bonds. The van der Waals surface area contributed by atoms with Crippen molar-refractivity contribution in [3.05, 3.63) is 48.6 Å². The summed E-state index contributed by atoms with van der Waals surface area (Å²) in [5, 5.41) is 54.2. The van der Waals surface area contributed by atoms with Crippen molar-refractivity contribution in [3.63, 3.8) is 0 Å². The third kappa shape index (κ3) is 43.5. The Kier molecular flexibility index (Phi) is 51.4. The van der Waals surface area contributed by atoms with Crippen molar-refractivity contribution in [2.45, 2.75) is 333 Å². The van der Waals surface area contributed by atoms with Gasteiger partial charge >= 0.3 is 5.97 Å². The van der Waals surface area contributed by atoms with E-state index in [4.69, 9.17) is 14.2 Å². The minimum absolute atomic E-state index is 0.00485. The van der Waals surface area contributed by atoms with Crippen LogP contribution in [0.15, 0.2) is 48.6 Å². The van der Waals surface area contributed by atoms with Crippen molar-refractivity contribution >= 4 is 11.9 Å². The zero-order chi connectivity index (χ0) is 55.2. The fraction of sp³-hybridized carbons (Fsp3) is 0.846. The lowest BCUT2D eigenvalue weighted by atomic mass is 9.99. The van der Waals surface area contributed by atoms with E-state index in [9.17, 15) is 35.1 Å². The highest BCUT2D eigenvalue weighted by Crippen LogP contribution is 2.23. The summed E-state index contributed by atoms with van der Waals surface area (Å²) in [7, 11) is 0. The third-order valence-electron chi connectivity index (χ3n) is 15.0. The maximum absolute atomic E-state index is 13.0. The molecule has 6 N–H and O–H groups in total. The molecule has 0 radical (unpaired) electrons. The molecule has 7 unspecified atom stereocenters. The zero-order valence-electron chi connectivity index (χ0n) is 49.0. The molecule has 0 aromatic heterocycles. The van der Waals surface area contributed by atoms with E-state index in [1.54, 1.807) is 6.08 Å². The van der Waals surface area contributed by atoms with Gasteiger partial charge in [0.1, 0.15) is 24.4 Å². The smallest absolute Gasteiger partial charge is 0.305 e. The van der Waals surface area contributed by atoms with Crippen LogP contribution in [0.2, 0.25) is 0 Å². The molecule has 1 rings (SSSR count). The van der Waals surface area contributed by atoms with E-state index >= 15 is 0 Å². The van der Waals surface area contributed by atoms with Crippen LogP contribution in [0.5, 0.6) is 0 Å². The number of carbonyl (C=O) groups is 2. The molecule has 11 heteroatoms. The number of nitrogens with one attached hydrogen (secondary N) is 1. The largest absolute Gasteiger partial charge is 0.466 e. The topological polar surface area (TPSA) is 175 Å². The molecule has 1 saturated heterocycles. The average molecular weight is 1070 g/mol. The molecule has 7 atom stereocenters. The number of rotatable bonds is 55. The maximum Gasteiger partial charge on any atom is 0.305 e. The Balaban J connectivity index is 1.97. The minimum Gasteiger partial charge on any atom is -0.466 e. The summed E-state index contributed by atoms with van der Waals surface area (Å²) < 4.78 is 16.7.